The number of rotatable bonds is 3. The molecule has 0 saturated carbocycles. The van der Waals surface area contributed by atoms with Gasteiger partial charge in [-0.05, 0) is 48.3 Å². The Labute approximate surface area is 136 Å². The molecule has 1 atom stereocenters. The zero-order valence-corrected chi connectivity index (χ0v) is 13.8. The summed E-state index contributed by atoms with van der Waals surface area (Å²) in [7, 11) is 0. The van der Waals surface area contributed by atoms with Gasteiger partial charge in [0.25, 0.3) is 0 Å². The minimum absolute atomic E-state index is 0.109. The highest BCUT2D eigenvalue weighted by molar-refractivity contribution is 7.17. The van der Waals surface area contributed by atoms with Crippen LogP contribution in [0.4, 0.5) is 0 Å². The molecule has 4 heterocycles. The van der Waals surface area contributed by atoms with E-state index in [2.05, 4.69) is 31.8 Å². The SMILES string of the molecule is Oc1c([C@@H](c2ccsc2)N2CCCCCC2)sc2ncnn12. The first-order valence-corrected chi connectivity index (χ1v) is 9.38. The van der Waals surface area contributed by atoms with Crippen LogP contribution in [-0.2, 0) is 0 Å². The smallest absolute Gasteiger partial charge is 0.230 e. The van der Waals surface area contributed by atoms with Crippen LogP contribution in [0.25, 0.3) is 4.96 Å². The van der Waals surface area contributed by atoms with Gasteiger partial charge in [-0.25, -0.2) is 4.98 Å². The van der Waals surface area contributed by atoms with E-state index in [1.54, 1.807) is 11.3 Å². The topological polar surface area (TPSA) is 53.7 Å². The lowest BCUT2D eigenvalue weighted by molar-refractivity contribution is 0.233. The van der Waals surface area contributed by atoms with Gasteiger partial charge in [-0.1, -0.05) is 24.2 Å². The van der Waals surface area contributed by atoms with Gasteiger partial charge in [0.1, 0.15) is 6.33 Å². The van der Waals surface area contributed by atoms with Crippen LogP contribution in [0.2, 0.25) is 0 Å². The summed E-state index contributed by atoms with van der Waals surface area (Å²) in [6, 6.07) is 2.27. The van der Waals surface area contributed by atoms with Gasteiger partial charge in [0.15, 0.2) is 0 Å². The predicted octanol–water partition coefficient (Wildman–Crippen LogP) is 3.52. The molecule has 1 saturated heterocycles. The van der Waals surface area contributed by atoms with Crippen molar-refractivity contribution in [2.45, 2.75) is 31.7 Å². The van der Waals surface area contributed by atoms with Gasteiger partial charge in [-0.3, -0.25) is 4.90 Å². The van der Waals surface area contributed by atoms with Crippen LogP contribution >= 0.6 is 22.7 Å². The molecule has 0 bridgehead atoms. The van der Waals surface area contributed by atoms with Crippen molar-refractivity contribution in [3.05, 3.63) is 33.6 Å². The summed E-state index contributed by atoms with van der Waals surface area (Å²) in [6.45, 7) is 2.15. The summed E-state index contributed by atoms with van der Waals surface area (Å²) >= 11 is 3.24. The number of aromatic hydroxyl groups is 1. The van der Waals surface area contributed by atoms with Crippen LogP contribution in [0.3, 0.4) is 0 Å². The summed E-state index contributed by atoms with van der Waals surface area (Å²) < 4.78 is 1.54. The van der Waals surface area contributed by atoms with Crippen LogP contribution < -0.4 is 0 Å². The van der Waals surface area contributed by atoms with Gasteiger partial charge in [-0.2, -0.15) is 21.0 Å². The average molecular weight is 334 g/mol. The molecule has 0 aliphatic carbocycles. The Balaban J connectivity index is 1.79. The van der Waals surface area contributed by atoms with E-state index >= 15 is 0 Å². The van der Waals surface area contributed by atoms with Crippen molar-refractivity contribution in [2.75, 3.05) is 13.1 Å². The van der Waals surface area contributed by atoms with E-state index in [1.807, 2.05) is 0 Å². The standard InChI is InChI=1S/C15H18N4OS2/c20-14-13(22-15-16-10-17-19(14)15)12(11-5-8-21-9-11)18-6-3-1-2-4-7-18/h5,8-10,12,20H,1-4,6-7H2/t12-/m1/s1. The average Bonchev–Trinajstić information content (AvgIpc) is 3.19. The first-order chi connectivity index (χ1) is 10.8. The maximum Gasteiger partial charge on any atom is 0.230 e. The molecule has 1 fully saturated rings. The van der Waals surface area contributed by atoms with Gasteiger partial charge < -0.3 is 5.11 Å². The second kappa shape index (κ2) is 5.98. The fourth-order valence-corrected chi connectivity index (χ4v) is 4.95. The number of nitrogens with zero attached hydrogens (tertiary/aromatic N) is 4. The van der Waals surface area contributed by atoms with Crippen molar-refractivity contribution >= 4 is 27.6 Å². The summed E-state index contributed by atoms with van der Waals surface area (Å²) in [5.74, 6) is 0.234. The molecule has 0 unspecified atom stereocenters. The van der Waals surface area contributed by atoms with E-state index < -0.39 is 0 Å². The van der Waals surface area contributed by atoms with E-state index in [4.69, 9.17) is 0 Å². The Morgan fingerprint density at radius 2 is 2.00 bits per heavy atom. The van der Waals surface area contributed by atoms with E-state index in [0.29, 0.717) is 0 Å². The van der Waals surface area contributed by atoms with Crippen LogP contribution in [0.1, 0.15) is 42.2 Å². The summed E-state index contributed by atoms with van der Waals surface area (Å²) in [6.07, 6.45) is 6.54. The molecule has 0 spiro atoms. The second-order valence-electron chi connectivity index (χ2n) is 5.65. The van der Waals surface area contributed by atoms with Crippen molar-refractivity contribution < 1.29 is 5.11 Å². The zero-order chi connectivity index (χ0) is 14.9. The van der Waals surface area contributed by atoms with Crippen molar-refractivity contribution in [1.82, 2.24) is 19.5 Å². The highest BCUT2D eigenvalue weighted by atomic mass is 32.1. The molecular weight excluding hydrogens is 316 g/mol. The van der Waals surface area contributed by atoms with Gasteiger partial charge in [-0.15, -0.1) is 0 Å². The molecule has 0 aromatic carbocycles. The highest BCUT2D eigenvalue weighted by Crippen LogP contribution is 2.40. The maximum absolute atomic E-state index is 10.6. The lowest BCUT2D eigenvalue weighted by Crippen LogP contribution is -2.30. The first-order valence-electron chi connectivity index (χ1n) is 7.62. The Bertz CT molecular complexity index is 741. The lowest BCUT2D eigenvalue weighted by Gasteiger charge is -2.29. The minimum atomic E-state index is 0.109. The number of fused-ring (bicyclic) bond motifs is 1. The summed E-state index contributed by atoms with van der Waals surface area (Å²) in [5, 5.41) is 19.0. The molecule has 22 heavy (non-hydrogen) atoms. The summed E-state index contributed by atoms with van der Waals surface area (Å²) in [5.41, 5.74) is 1.26. The fourth-order valence-electron chi connectivity index (χ4n) is 3.18. The number of thiazole rings is 1. The molecule has 7 heteroatoms. The molecule has 3 aromatic rings. The van der Waals surface area contributed by atoms with E-state index in [-0.39, 0.29) is 11.9 Å². The van der Waals surface area contributed by atoms with Crippen molar-refractivity contribution in [3.63, 3.8) is 0 Å². The number of hydrogen-bond donors (Lipinski definition) is 1. The molecular formula is C15H18N4OS2. The molecule has 3 aromatic heterocycles. The Morgan fingerprint density at radius 1 is 1.18 bits per heavy atom. The maximum atomic E-state index is 10.6. The van der Waals surface area contributed by atoms with E-state index in [0.717, 1.165) is 22.9 Å². The fraction of sp³-hybridized carbons (Fsp3) is 0.467. The van der Waals surface area contributed by atoms with Crippen molar-refractivity contribution in [3.8, 4) is 5.88 Å². The molecule has 1 aliphatic rings. The van der Waals surface area contributed by atoms with Crippen molar-refractivity contribution in [2.24, 2.45) is 0 Å². The minimum Gasteiger partial charge on any atom is -0.492 e. The molecule has 0 radical (unpaired) electrons. The van der Waals surface area contributed by atoms with Gasteiger partial charge in [0, 0.05) is 0 Å². The Kier molecular flexibility index (Phi) is 3.85. The number of thiophene rings is 1. The van der Waals surface area contributed by atoms with Crippen molar-refractivity contribution in [1.29, 1.82) is 0 Å². The molecule has 0 amide bonds. The van der Waals surface area contributed by atoms with E-state index in [9.17, 15) is 5.11 Å². The molecule has 1 N–H and O–H groups in total. The van der Waals surface area contributed by atoms with Gasteiger partial charge in [0.2, 0.25) is 10.8 Å². The Morgan fingerprint density at radius 3 is 2.68 bits per heavy atom. The van der Waals surface area contributed by atoms with Crippen LogP contribution in [0.5, 0.6) is 5.88 Å². The lowest BCUT2D eigenvalue weighted by atomic mass is 10.1. The van der Waals surface area contributed by atoms with Gasteiger partial charge in [0.05, 0.1) is 10.9 Å². The predicted molar refractivity (Wildman–Crippen MR) is 88.7 cm³/mol. The number of aromatic nitrogens is 3. The molecule has 4 rings (SSSR count). The quantitative estimate of drug-likeness (QED) is 0.796. The first kappa shape index (κ1) is 14.2. The zero-order valence-electron chi connectivity index (χ0n) is 12.2. The third kappa shape index (κ3) is 2.43. The normalized spacial score (nSPS) is 18.5. The van der Waals surface area contributed by atoms with E-state index in [1.165, 1.54) is 53.4 Å². The molecule has 116 valence electrons. The molecule has 5 nitrogen and oxygen atoms in total. The van der Waals surface area contributed by atoms with Crippen LogP contribution in [0, 0.1) is 0 Å². The highest BCUT2D eigenvalue weighted by Gasteiger charge is 2.29. The third-order valence-electron chi connectivity index (χ3n) is 4.25. The Hall–Kier alpha value is -1.44. The number of hydrogen-bond acceptors (Lipinski definition) is 6. The summed E-state index contributed by atoms with van der Waals surface area (Å²) in [4.78, 5) is 8.43. The second-order valence-corrected chi connectivity index (χ2v) is 7.44. The van der Waals surface area contributed by atoms with Crippen LogP contribution in [0.15, 0.2) is 23.2 Å². The monoisotopic (exact) mass is 334 g/mol. The van der Waals surface area contributed by atoms with Crippen LogP contribution in [-0.4, -0.2) is 37.7 Å². The third-order valence-corrected chi connectivity index (χ3v) is 6.04. The van der Waals surface area contributed by atoms with Gasteiger partial charge >= 0.3 is 0 Å². The number of likely N-dealkylation sites (tertiary alicyclic amines) is 1. The largest absolute Gasteiger partial charge is 0.492 e. The molecule has 1 aliphatic heterocycles.